The molecule has 0 aliphatic heterocycles. The molecular formula is C37H70N2O11S. The second-order valence-corrected chi connectivity index (χ2v) is 14.4. The number of nitrogens with one attached hydrogen (secondary N) is 1. The Labute approximate surface area is 308 Å². The van der Waals surface area contributed by atoms with Crippen LogP contribution in [0.3, 0.4) is 0 Å². The van der Waals surface area contributed by atoms with Crippen LogP contribution in [0.15, 0.2) is 18.2 Å². The second kappa shape index (κ2) is 32.9. The van der Waals surface area contributed by atoms with Gasteiger partial charge in [-0.05, 0) is 32.4 Å². The van der Waals surface area contributed by atoms with Gasteiger partial charge in [0.05, 0.1) is 110 Å². The summed E-state index contributed by atoms with van der Waals surface area (Å²) in [5, 5.41) is 17.5. The third-order valence-corrected chi connectivity index (χ3v) is 9.05. The number of ether oxygens (including phenoxy) is 7. The first kappa shape index (κ1) is 47.3. The highest BCUT2D eigenvalue weighted by atomic mass is 32.2. The van der Waals surface area contributed by atoms with E-state index in [4.69, 9.17) is 43.4 Å². The summed E-state index contributed by atoms with van der Waals surface area (Å²) in [6.45, 7) is 12.0. The van der Waals surface area contributed by atoms with Gasteiger partial charge in [-0.15, -0.1) is 0 Å². The lowest BCUT2D eigenvalue weighted by Gasteiger charge is -2.26. The van der Waals surface area contributed by atoms with Gasteiger partial charge < -0.3 is 48.3 Å². The number of hydrogen-bond donors (Lipinski definition) is 3. The van der Waals surface area contributed by atoms with E-state index in [0.29, 0.717) is 110 Å². The highest BCUT2D eigenvalue weighted by molar-refractivity contribution is 7.92. The van der Waals surface area contributed by atoms with Gasteiger partial charge in [0.25, 0.3) is 0 Å². The molecule has 1 aromatic carbocycles. The maximum Gasteiger partial charge on any atom is 0.232 e. The number of sulfonamides is 1. The molecule has 1 rings (SSSR count). The molecule has 0 aromatic heterocycles. The number of hydrogen-bond acceptors (Lipinski definition) is 12. The third kappa shape index (κ3) is 27.5. The maximum absolute atomic E-state index is 13.1. The number of nitrogens with zero attached hydrogens (tertiary/aromatic N) is 1. The van der Waals surface area contributed by atoms with Crippen molar-refractivity contribution in [3.63, 3.8) is 0 Å². The number of unbranched alkanes of at least 4 members (excludes halogenated alkanes) is 9. The Hall–Kier alpha value is -1.75. The third-order valence-electron chi connectivity index (χ3n) is 7.70. The van der Waals surface area contributed by atoms with Gasteiger partial charge in [-0.25, -0.2) is 8.42 Å². The molecule has 0 atom stereocenters. The van der Waals surface area contributed by atoms with Crippen LogP contribution in [0.4, 0.5) is 11.4 Å². The molecule has 51 heavy (non-hydrogen) atoms. The van der Waals surface area contributed by atoms with Crippen LogP contribution in [0.1, 0.15) is 85.0 Å². The van der Waals surface area contributed by atoms with E-state index in [-0.39, 0.29) is 25.1 Å². The number of benzene rings is 1. The molecule has 0 fully saturated rings. The molecule has 0 unspecified atom stereocenters. The number of rotatable bonds is 38. The Bertz CT molecular complexity index is 1010. The van der Waals surface area contributed by atoms with Crippen LogP contribution in [0.2, 0.25) is 0 Å². The molecule has 13 nitrogen and oxygen atoms in total. The normalized spacial score (nSPS) is 11.8. The van der Waals surface area contributed by atoms with E-state index in [9.17, 15) is 8.42 Å². The van der Waals surface area contributed by atoms with E-state index < -0.39 is 10.0 Å². The van der Waals surface area contributed by atoms with Crippen molar-refractivity contribution in [2.45, 2.75) is 91.1 Å². The van der Waals surface area contributed by atoms with Crippen LogP contribution in [-0.2, 0) is 38.4 Å². The SMILES string of the molecule is CCCCCCCCCCCCS(=O)(=O)Nc1ccc(N(CCOCCOCCOCCO)CCOCCOCCOCCO)cc1OC(C)C. The predicted molar refractivity (Wildman–Crippen MR) is 203 cm³/mol. The van der Waals surface area contributed by atoms with Crippen molar-refractivity contribution in [3.05, 3.63) is 18.2 Å². The van der Waals surface area contributed by atoms with Gasteiger partial charge in [-0.1, -0.05) is 64.7 Å². The molecule has 0 bridgehead atoms. The Morgan fingerprint density at radius 2 is 1.06 bits per heavy atom. The van der Waals surface area contributed by atoms with Gasteiger partial charge in [0.1, 0.15) is 5.75 Å². The molecule has 0 amide bonds. The average molecular weight is 751 g/mol. The van der Waals surface area contributed by atoms with Crippen LogP contribution in [-0.4, -0.2) is 136 Å². The van der Waals surface area contributed by atoms with Crippen molar-refractivity contribution >= 4 is 21.4 Å². The summed E-state index contributed by atoms with van der Waals surface area (Å²) >= 11 is 0. The van der Waals surface area contributed by atoms with Crippen LogP contribution in [0, 0.1) is 0 Å². The zero-order valence-electron chi connectivity index (χ0n) is 31.8. The largest absolute Gasteiger partial charge is 0.489 e. The van der Waals surface area contributed by atoms with Crippen molar-refractivity contribution in [1.29, 1.82) is 0 Å². The van der Waals surface area contributed by atoms with Crippen LogP contribution < -0.4 is 14.4 Å². The van der Waals surface area contributed by atoms with Gasteiger partial charge in [-0.2, -0.15) is 0 Å². The predicted octanol–water partition coefficient (Wildman–Crippen LogP) is 5.03. The number of aliphatic hydroxyl groups excluding tert-OH is 2. The minimum absolute atomic E-state index is 0.0111. The molecule has 0 spiro atoms. The molecule has 1 aromatic rings. The van der Waals surface area contributed by atoms with Gasteiger partial charge in [-0.3, -0.25) is 4.72 Å². The summed E-state index contributed by atoms with van der Waals surface area (Å²) in [6.07, 6.45) is 11.3. The van der Waals surface area contributed by atoms with E-state index in [0.717, 1.165) is 24.9 Å². The zero-order valence-corrected chi connectivity index (χ0v) is 32.6. The molecule has 0 heterocycles. The second-order valence-electron chi connectivity index (χ2n) is 12.6. The Morgan fingerprint density at radius 1 is 0.627 bits per heavy atom. The van der Waals surface area contributed by atoms with Gasteiger partial charge >= 0.3 is 0 Å². The molecule has 0 saturated carbocycles. The lowest BCUT2D eigenvalue weighted by atomic mass is 10.1. The highest BCUT2D eigenvalue weighted by Gasteiger charge is 2.17. The summed E-state index contributed by atoms with van der Waals surface area (Å²) in [4.78, 5) is 2.11. The Balaban J connectivity index is 2.73. The van der Waals surface area contributed by atoms with E-state index in [2.05, 4.69) is 16.5 Å². The Morgan fingerprint density at radius 3 is 1.51 bits per heavy atom. The fraction of sp³-hybridized carbons (Fsp3) is 0.838. The standard InChI is InChI=1S/C37H70N2O11S/c1-4-5-6-7-8-9-10-11-12-13-32-51(42,43)38-36-15-14-35(33-37(36)50-34(2)3)39(16-20-44-24-28-48-30-26-46-22-18-40)17-21-45-25-29-49-31-27-47-23-19-41/h14-15,33-34,38,40-41H,4-13,16-32H2,1-3H3. The van der Waals surface area contributed by atoms with E-state index >= 15 is 0 Å². The molecule has 0 aliphatic carbocycles. The average Bonchev–Trinajstić information content (AvgIpc) is 3.10. The number of anilines is 2. The molecule has 0 aliphatic rings. The van der Waals surface area contributed by atoms with Crippen molar-refractivity contribution in [2.24, 2.45) is 0 Å². The summed E-state index contributed by atoms with van der Waals surface area (Å²) < 4.78 is 68.0. The summed E-state index contributed by atoms with van der Waals surface area (Å²) in [5.41, 5.74) is 1.28. The maximum atomic E-state index is 13.1. The topological polar surface area (TPSA) is 154 Å². The molecular weight excluding hydrogens is 680 g/mol. The monoisotopic (exact) mass is 750 g/mol. The number of aliphatic hydroxyl groups is 2. The molecule has 0 radical (unpaired) electrons. The first-order valence-electron chi connectivity index (χ1n) is 19.1. The fourth-order valence-electron chi connectivity index (χ4n) is 5.07. The first-order chi connectivity index (χ1) is 24.8. The summed E-state index contributed by atoms with van der Waals surface area (Å²) in [7, 11) is -3.54. The van der Waals surface area contributed by atoms with E-state index in [1.165, 1.54) is 38.5 Å². The minimum Gasteiger partial charge on any atom is -0.489 e. The molecule has 14 heteroatoms. The smallest absolute Gasteiger partial charge is 0.232 e. The Kier molecular flexibility index (Phi) is 30.5. The van der Waals surface area contributed by atoms with Crippen molar-refractivity contribution in [2.75, 3.05) is 121 Å². The van der Waals surface area contributed by atoms with Gasteiger partial charge in [0.15, 0.2) is 0 Å². The highest BCUT2D eigenvalue weighted by Crippen LogP contribution is 2.32. The quantitative estimate of drug-likeness (QED) is 0.0778. The minimum atomic E-state index is -3.54. The summed E-state index contributed by atoms with van der Waals surface area (Å²) in [5.74, 6) is 0.543. The van der Waals surface area contributed by atoms with E-state index in [1.807, 2.05) is 26.0 Å². The first-order valence-corrected chi connectivity index (χ1v) is 20.7. The lowest BCUT2D eigenvalue weighted by molar-refractivity contribution is 0.00694. The van der Waals surface area contributed by atoms with Crippen LogP contribution >= 0.6 is 0 Å². The fourth-order valence-corrected chi connectivity index (χ4v) is 6.26. The van der Waals surface area contributed by atoms with Crippen molar-refractivity contribution < 1.29 is 51.8 Å². The van der Waals surface area contributed by atoms with Crippen molar-refractivity contribution in [3.8, 4) is 5.75 Å². The lowest BCUT2D eigenvalue weighted by Crippen LogP contribution is -2.32. The van der Waals surface area contributed by atoms with Gasteiger partial charge in [0.2, 0.25) is 10.0 Å². The van der Waals surface area contributed by atoms with Crippen LogP contribution in [0.25, 0.3) is 0 Å². The molecule has 0 saturated heterocycles. The van der Waals surface area contributed by atoms with Crippen molar-refractivity contribution in [1.82, 2.24) is 0 Å². The van der Waals surface area contributed by atoms with E-state index in [1.54, 1.807) is 6.07 Å². The molecule has 3 N–H and O–H groups in total. The zero-order chi connectivity index (χ0) is 37.3. The summed E-state index contributed by atoms with van der Waals surface area (Å²) in [6, 6.07) is 5.51. The molecule has 300 valence electrons. The van der Waals surface area contributed by atoms with Crippen LogP contribution in [0.5, 0.6) is 5.75 Å². The van der Waals surface area contributed by atoms with Gasteiger partial charge in [0, 0.05) is 24.8 Å².